The summed E-state index contributed by atoms with van der Waals surface area (Å²) in [6.45, 7) is 0. The molecule has 2 aromatic rings. The van der Waals surface area contributed by atoms with Crippen LogP contribution in [0.2, 0.25) is 5.02 Å². The zero-order chi connectivity index (χ0) is 12.4. The Morgan fingerprint density at radius 3 is 2.65 bits per heavy atom. The van der Waals surface area contributed by atoms with E-state index in [0.29, 0.717) is 15.5 Å². The molecule has 1 unspecified atom stereocenters. The Bertz CT molecular complexity index is 529. The molecule has 1 aromatic heterocycles. The summed E-state index contributed by atoms with van der Waals surface area (Å²) < 4.78 is 19.1. The molecule has 0 aliphatic carbocycles. The summed E-state index contributed by atoms with van der Waals surface area (Å²) in [5, 5.41) is 3.46. The summed E-state index contributed by atoms with van der Waals surface area (Å²) in [5.74, 6) is 0.363. The summed E-state index contributed by atoms with van der Waals surface area (Å²) in [6, 6.07) is 7.76. The quantitative estimate of drug-likeness (QED) is 0.920. The molecular weight excluding hydrogens is 308 g/mol. The second-order valence-electron chi connectivity index (χ2n) is 3.53. The molecule has 0 fully saturated rings. The summed E-state index contributed by atoms with van der Waals surface area (Å²) in [6.07, 6.45) is 0. The fourth-order valence-electron chi connectivity index (χ4n) is 1.67. The van der Waals surface area contributed by atoms with E-state index in [1.165, 1.54) is 12.1 Å². The maximum atomic E-state index is 13.0. The number of halogens is 3. The molecule has 0 saturated heterocycles. The van der Waals surface area contributed by atoms with Gasteiger partial charge >= 0.3 is 0 Å². The molecule has 0 bridgehead atoms. The minimum absolute atomic E-state index is 0.200. The van der Waals surface area contributed by atoms with E-state index in [1.807, 2.05) is 6.07 Å². The van der Waals surface area contributed by atoms with Crippen molar-refractivity contribution in [1.82, 2.24) is 5.32 Å². The molecule has 0 aliphatic rings. The summed E-state index contributed by atoms with van der Waals surface area (Å²) in [7, 11) is 1.79. The minimum atomic E-state index is -0.353. The van der Waals surface area contributed by atoms with Crippen LogP contribution in [-0.4, -0.2) is 7.05 Å². The van der Waals surface area contributed by atoms with Gasteiger partial charge in [-0.2, -0.15) is 0 Å². The highest BCUT2D eigenvalue weighted by Gasteiger charge is 2.18. The van der Waals surface area contributed by atoms with Gasteiger partial charge in [-0.1, -0.05) is 17.7 Å². The maximum absolute atomic E-state index is 13.0. The average molecular weight is 319 g/mol. The van der Waals surface area contributed by atoms with Crippen LogP contribution in [0.3, 0.4) is 0 Å². The first-order valence-electron chi connectivity index (χ1n) is 4.99. The van der Waals surface area contributed by atoms with E-state index >= 15 is 0 Å². The molecule has 0 radical (unpaired) electrons. The van der Waals surface area contributed by atoms with Gasteiger partial charge in [0.05, 0.1) is 6.04 Å². The number of benzene rings is 1. The van der Waals surface area contributed by atoms with Gasteiger partial charge in [0.2, 0.25) is 0 Å². The molecule has 0 spiro atoms. The molecule has 17 heavy (non-hydrogen) atoms. The van der Waals surface area contributed by atoms with E-state index in [2.05, 4.69) is 21.2 Å². The van der Waals surface area contributed by atoms with E-state index in [1.54, 1.807) is 19.2 Å². The van der Waals surface area contributed by atoms with Crippen LogP contribution in [0.15, 0.2) is 39.4 Å². The van der Waals surface area contributed by atoms with Crippen molar-refractivity contribution >= 4 is 27.5 Å². The van der Waals surface area contributed by atoms with Crippen LogP contribution in [0.25, 0.3) is 0 Å². The van der Waals surface area contributed by atoms with E-state index in [4.69, 9.17) is 16.0 Å². The van der Waals surface area contributed by atoms with E-state index in [9.17, 15) is 4.39 Å². The molecule has 1 heterocycles. The SMILES string of the molecule is CNC(c1ccc(Br)o1)c1ccc(F)cc1Cl. The monoisotopic (exact) mass is 317 g/mol. The first kappa shape index (κ1) is 12.6. The molecule has 1 aromatic carbocycles. The summed E-state index contributed by atoms with van der Waals surface area (Å²) in [4.78, 5) is 0. The normalized spacial score (nSPS) is 12.7. The Labute approximate surface area is 112 Å². The minimum Gasteiger partial charge on any atom is -0.452 e. The third-order valence-corrected chi connectivity index (χ3v) is 3.19. The zero-order valence-electron chi connectivity index (χ0n) is 9.01. The van der Waals surface area contributed by atoms with Gasteiger partial charge in [0.1, 0.15) is 11.6 Å². The third-order valence-electron chi connectivity index (χ3n) is 2.44. The van der Waals surface area contributed by atoms with Crippen LogP contribution >= 0.6 is 27.5 Å². The van der Waals surface area contributed by atoms with Crippen molar-refractivity contribution < 1.29 is 8.81 Å². The number of rotatable bonds is 3. The third kappa shape index (κ3) is 2.70. The topological polar surface area (TPSA) is 25.2 Å². The maximum Gasteiger partial charge on any atom is 0.169 e. The number of hydrogen-bond acceptors (Lipinski definition) is 2. The van der Waals surface area contributed by atoms with Gasteiger partial charge < -0.3 is 9.73 Å². The van der Waals surface area contributed by atoms with E-state index < -0.39 is 0 Å². The predicted octanol–water partition coefficient (Wildman–Crippen LogP) is 4.14. The lowest BCUT2D eigenvalue weighted by molar-refractivity contribution is 0.447. The van der Waals surface area contributed by atoms with Gasteiger partial charge in [0.25, 0.3) is 0 Å². The van der Waals surface area contributed by atoms with Gasteiger partial charge in [-0.3, -0.25) is 0 Å². The smallest absolute Gasteiger partial charge is 0.169 e. The Balaban J connectivity index is 2.42. The molecule has 0 aliphatic heterocycles. The Hall–Kier alpha value is -0.840. The number of hydrogen-bond donors (Lipinski definition) is 1. The van der Waals surface area contributed by atoms with E-state index in [0.717, 1.165) is 5.56 Å². The molecule has 90 valence electrons. The molecule has 2 nitrogen and oxygen atoms in total. The highest BCUT2D eigenvalue weighted by atomic mass is 79.9. The lowest BCUT2D eigenvalue weighted by atomic mass is 10.0. The van der Waals surface area contributed by atoms with Crippen molar-refractivity contribution in [1.29, 1.82) is 0 Å². The first-order chi connectivity index (χ1) is 8.11. The molecule has 1 atom stereocenters. The van der Waals surface area contributed by atoms with E-state index in [-0.39, 0.29) is 11.9 Å². The fraction of sp³-hybridized carbons (Fsp3) is 0.167. The highest BCUT2D eigenvalue weighted by molar-refractivity contribution is 9.10. The van der Waals surface area contributed by atoms with Crippen molar-refractivity contribution in [3.63, 3.8) is 0 Å². The largest absolute Gasteiger partial charge is 0.452 e. The van der Waals surface area contributed by atoms with Crippen molar-refractivity contribution in [2.75, 3.05) is 7.05 Å². The second-order valence-corrected chi connectivity index (χ2v) is 4.72. The Morgan fingerprint density at radius 1 is 1.35 bits per heavy atom. The number of nitrogens with one attached hydrogen (secondary N) is 1. The number of furan rings is 1. The van der Waals surface area contributed by atoms with Gasteiger partial charge in [0.15, 0.2) is 4.67 Å². The Morgan fingerprint density at radius 2 is 2.12 bits per heavy atom. The zero-order valence-corrected chi connectivity index (χ0v) is 11.3. The van der Waals surface area contributed by atoms with Gasteiger partial charge in [-0.15, -0.1) is 0 Å². The highest BCUT2D eigenvalue weighted by Crippen LogP contribution is 2.30. The van der Waals surface area contributed by atoms with Crippen molar-refractivity contribution in [3.8, 4) is 0 Å². The molecular formula is C12H10BrClFNO. The molecule has 5 heteroatoms. The van der Waals surface area contributed by atoms with Crippen LogP contribution in [0.1, 0.15) is 17.4 Å². The molecule has 0 saturated carbocycles. The van der Waals surface area contributed by atoms with Crippen molar-refractivity contribution in [2.45, 2.75) is 6.04 Å². The van der Waals surface area contributed by atoms with Crippen molar-refractivity contribution in [3.05, 3.63) is 57.2 Å². The second kappa shape index (κ2) is 5.21. The molecule has 0 amide bonds. The van der Waals surface area contributed by atoms with Crippen LogP contribution in [0.5, 0.6) is 0 Å². The van der Waals surface area contributed by atoms with Gasteiger partial charge in [0, 0.05) is 5.02 Å². The van der Waals surface area contributed by atoms with Crippen LogP contribution in [-0.2, 0) is 0 Å². The van der Waals surface area contributed by atoms with Gasteiger partial charge in [-0.05, 0) is 52.8 Å². The lowest BCUT2D eigenvalue weighted by Crippen LogP contribution is -2.17. The lowest BCUT2D eigenvalue weighted by Gasteiger charge is -2.15. The molecule has 2 rings (SSSR count). The average Bonchev–Trinajstić information content (AvgIpc) is 2.69. The Kier molecular flexibility index (Phi) is 3.86. The van der Waals surface area contributed by atoms with Crippen LogP contribution < -0.4 is 5.32 Å². The van der Waals surface area contributed by atoms with Crippen molar-refractivity contribution in [2.24, 2.45) is 0 Å². The summed E-state index contributed by atoms with van der Waals surface area (Å²) >= 11 is 9.27. The molecule has 1 N–H and O–H groups in total. The first-order valence-corrected chi connectivity index (χ1v) is 6.16. The fourth-order valence-corrected chi connectivity index (χ4v) is 2.27. The standard InChI is InChI=1S/C12H10BrClFNO/c1-16-12(10-4-5-11(13)17-10)8-3-2-7(15)6-9(8)14/h2-6,12,16H,1H3. The summed E-state index contributed by atoms with van der Waals surface area (Å²) in [5.41, 5.74) is 0.775. The van der Waals surface area contributed by atoms with Gasteiger partial charge in [-0.25, -0.2) is 4.39 Å². The predicted molar refractivity (Wildman–Crippen MR) is 68.7 cm³/mol. The van der Waals surface area contributed by atoms with Crippen LogP contribution in [0, 0.1) is 5.82 Å². The van der Waals surface area contributed by atoms with Crippen LogP contribution in [0.4, 0.5) is 4.39 Å².